The van der Waals surface area contributed by atoms with E-state index in [0.717, 1.165) is 16.8 Å². The molecule has 0 aliphatic carbocycles. The molecule has 0 saturated carbocycles. The molecule has 2 heterocycles. The van der Waals surface area contributed by atoms with Crippen LogP contribution in [0.4, 0.5) is 4.39 Å². The van der Waals surface area contributed by atoms with Crippen molar-refractivity contribution in [3.63, 3.8) is 0 Å². The maximum absolute atomic E-state index is 12.9. The average Bonchev–Trinajstić information content (AvgIpc) is 2.99. The number of H-pyrrole nitrogens is 1. The Morgan fingerprint density at radius 2 is 1.96 bits per heavy atom. The summed E-state index contributed by atoms with van der Waals surface area (Å²) < 4.78 is 12.9. The molecule has 1 aliphatic heterocycles. The van der Waals surface area contributed by atoms with Crippen LogP contribution in [0.15, 0.2) is 48.5 Å². The fourth-order valence-electron chi connectivity index (χ4n) is 3.24. The molecule has 3 aromatic rings. The van der Waals surface area contributed by atoms with Crippen LogP contribution in [0.5, 0.6) is 0 Å². The summed E-state index contributed by atoms with van der Waals surface area (Å²) in [5.41, 5.74) is 4.36. The number of carbonyl (C=O) groups is 1. The SMILES string of the molecule is O=C(NCc1ccc(F)cc1)[C@@H]1Cc2c([nH]c3ccccc23)CN1. The van der Waals surface area contributed by atoms with Gasteiger partial charge in [-0.25, -0.2) is 4.39 Å². The first-order valence-corrected chi connectivity index (χ1v) is 8.05. The predicted molar refractivity (Wildman–Crippen MR) is 90.9 cm³/mol. The summed E-state index contributed by atoms with van der Waals surface area (Å²) in [4.78, 5) is 15.9. The highest BCUT2D eigenvalue weighted by molar-refractivity contribution is 5.88. The normalized spacial score (nSPS) is 16.8. The van der Waals surface area contributed by atoms with E-state index in [1.807, 2.05) is 12.1 Å². The van der Waals surface area contributed by atoms with Crippen LogP contribution in [0.1, 0.15) is 16.8 Å². The second-order valence-corrected chi connectivity index (χ2v) is 6.11. The molecule has 0 unspecified atom stereocenters. The van der Waals surface area contributed by atoms with Crippen LogP contribution in [-0.2, 0) is 24.3 Å². The molecule has 3 N–H and O–H groups in total. The minimum absolute atomic E-state index is 0.0322. The molecule has 1 aliphatic rings. The third kappa shape index (κ3) is 2.78. The number of aromatic amines is 1. The number of nitrogens with one attached hydrogen (secondary N) is 3. The van der Waals surface area contributed by atoms with Gasteiger partial charge in [0.2, 0.25) is 5.91 Å². The van der Waals surface area contributed by atoms with Crippen molar-refractivity contribution in [2.45, 2.75) is 25.6 Å². The van der Waals surface area contributed by atoms with E-state index in [1.165, 1.54) is 23.1 Å². The topological polar surface area (TPSA) is 56.9 Å². The Labute approximate surface area is 139 Å². The maximum atomic E-state index is 12.9. The van der Waals surface area contributed by atoms with E-state index < -0.39 is 0 Å². The van der Waals surface area contributed by atoms with Crippen molar-refractivity contribution in [2.24, 2.45) is 0 Å². The van der Waals surface area contributed by atoms with Gasteiger partial charge in [0.1, 0.15) is 5.82 Å². The summed E-state index contributed by atoms with van der Waals surface area (Å²) >= 11 is 0. The zero-order valence-electron chi connectivity index (χ0n) is 13.1. The summed E-state index contributed by atoms with van der Waals surface area (Å²) in [5, 5.41) is 7.39. The molecule has 0 saturated heterocycles. The van der Waals surface area contributed by atoms with E-state index in [1.54, 1.807) is 12.1 Å². The number of carbonyl (C=O) groups excluding carboxylic acids is 1. The molecule has 2 aromatic carbocycles. The minimum Gasteiger partial charge on any atom is -0.357 e. The van der Waals surface area contributed by atoms with Crippen LogP contribution < -0.4 is 10.6 Å². The molecule has 0 fully saturated rings. The number of benzene rings is 2. The molecule has 0 bridgehead atoms. The third-order valence-electron chi connectivity index (χ3n) is 4.53. The standard InChI is InChI=1S/C19H18FN3O/c20-13-7-5-12(6-8-13)10-22-19(24)17-9-15-14-3-1-2-4-16(14)23-18(15)11-21-17/h1-8,17,21,23H,9-11H2,(H,22,24)/t17-/m0/s1. The van der Waals surface area contributed by atoms with E-state index >= 15 is 0 Å². The van der Waals surface area contributed by atoms with E-state index in [9.17, 15) is 9.18 Å². The van der Waals surface area contributed by atoms with Crippen LogP contribution >= 0.6 is 0 Å². The zero-order valence-corrected chi connectivity index (χ0v) is 13.1. The molecular weight excluding hydrogens is 305 g/mol. The lowest BCUT2D eigenvalue weighted by Crippen LogP contribution is -2.47. The molecule has 5 heteroatoms. The van der Waals surface area contributed by atoms with Crippen molar-refractivity contribution < 1.29 is 9.18 Å². The number of hydrogen-bond acceptors (Lipinski definition) is 2. The Bertz CT molecular complexity index is 885. The first-order chi connectivity index (χ1) is 11.7. The van der Waals surface area contributed by atoms with Crippen molar-refractivity contribution >= 4 is 16.8 Å². The van der Waals surface area contributed by atoms with Gasteiger partial charge in [0.25, 0.3) is 0 Å². The number of amides is 1. The molecule has 24 heavy (non-hydrogen) atoms. The van der Waals surface area contributed by atoms with Crippen LogP contribution in [0.3, 0.4) is 0 Å². The van der Waals surface area contributed by atoms with Gasteiger partial charge in [0, 0.05) is 29.7 Å². The number of aromatic nitrogens is 1. The monoisotopic (exact) mass is 323 g/mol. The van der Waals surface area contributed by atoms with Gasteiger partial charge in [-0.05, 0) is 35.7 Å². The lowest BCUT2D eigenvalue weighted by atomic mass is 9.98. The van der Waals surface area contributed by atoms with E-state index in [4.69, 9.17) is 0 Å². The summed E-state index contributed by atoms with van der Waals surface area (Å²) in [5.74, 6) is -0.304. The summed E-state index contributed by atoms with van der Waals surface area (Å²) in [7, 11) is 0. The molecule has 0 spiro atoms. The van der Waals surface area contributed by atoms with Gasteiger partial charge in [0.15, 0.2) is 0 Å². The van der Waals surface area contributed by atoms with Gasteiger partial charge in [-0.3, -0.25) is 10.1 Å². The summed E-state index contributed by atoms with van der Waals surface area (Å²) in [6.45, 7) is 1.05. The Hall–Kier alpha value is -2.66. The van der Waals surface area contributed by atoms with Gasteiger partial charge >= 0.3 is 0 Å². The number of hydrogen-bond donors (Lipinski definition) is 3. The fourth-order valence-corrected chi connectivity index (χ4v) is 3.24. The Balaban J connectivity index is 1.45. The summed E-state index contributed by atoms with van der Waals surface area (Å²) in [6.07, 6.45) is 0.661. The zero-order chi connectivity index (χ0) is 16.5. The van der Waals surface area contributed by atoms with Crippen molar-refractivity contribution in [3.05, 3.63) is 71.2 Å². The molecule has 4 nitrogen and oxygen atoms in total. The van der Waals surface area contributed by atoms with Crippen molar-refractivity contribution in [1.82, 2.24) is 15.6 Å². The quantitative estimate of drug-likeness (QED) is 0.694. The molecule has 1 amide bonds. The number of para-hydroxylation sites is 1. The first kappa shape index (κ1) is 14.9. The summed E-state index contributed by atoms with van der Waals surface area (Å²) in [6, 6.07) is 14.1. The lowest BCUT2D eigenvalue weighted by molar-refractivity contribution is -0.123. The molecule has 122 valence electrons. The first-order valence-electron chi connectivity index (χ1n) is 8.05. The van der Waals surface area contributed by atoms with Crippen LogP contribution in [0, 0.1) is 5.82 Å². The highest BCUT2D eigenvalue weighted by atomic mass is 19.1. The number of halogens is 1. The lowest BCUT2D eigenvalue weighted by Gasteiger charge is -2.23. The van der Waals surface area contributed by atoms with Crippen molar-refractivity contribution in [3.8, 4) is 0 Å². The Morgan fingerprint density at radius 3 is 2.79 bits per heavy atom. The van der Waals surface area contributed by atoms with Crippen molar-refractivity contribution in [2.75, 3.05) is 0 Å². The van der Waals surface area contributed by atoms with Crippen LogP contribution in [0.25, 0.3) is 10.9 Å². The van der Waals surface area contributed by atoms with Gasteiger partial charge in [-0.1, -0.05) is 30.3 Å². The largest absolute Gasteiger partial charge is 0.357 e. The van der Waals surface area contributed by atoms with Crippen LogP contribution in [-0.4, -0.2) is 16.9 Å². The molecular formula is C19H18FN3O. The fraction of sp³-hybridized carbons (Fsp3) is 0.211. The van der Waals surface area contributed by atoms with E-state index in [0.29, 0.717) is 19.5 Å². The second kappa shape index (κ2) is 6.09. The molecule has 4 rings (SSSR count). The van der Waals surface area contributed by atoms with Gasteiger partial charge in [-0.2, -0.15) is 0 Å². The molecule has 0 radical (unpaired) electrons. The highest BCUT2D eigenvalue weighted by Gasteiger charge is 2.26. The van der Waals surface area contributed by atoms with Gasteiger partial charge in [0.05, 0.1) is 6.04 Å². The smallest absolute Gasteiger partial charge is 0.237 e. The number of rotatable bonds is 3. The molecule has 1 aromatic heterocycles. The second-order valence-electron chi connectivity index (χ2n) is 6.11. The highest BCUT2D eigenvalue weighted by Crippen LogP contribution is 2.26. The van der Waals surface area contributed by atoms with Gasteiger partial charge < -0.3 is 10.3 Å². The van der Waals surface area contributed by atoms with Gasteiger partial charge in [-0.15, -0.1) is 0 Å². The molecule has 1 atom stereocenters. The van der Waals surface area contributed by atoms with Crippen LogP contribution in [0.2, 0.25) is 0 Å². The third-order valence-corrected chi connectivity index (χ3v) is 4.53. The number of fused-ring (bicyclic) bond motifs is 3. The van der Waals surface area contributed by atoms with E-state index in [2.05, 4.69) is 27.8 Å². The Morgan fingerprint density at radius 1 is 1.17 bits per heavy atom. The minimum atomic E-state index is -0.272. The average molecular weight is 323 g/mol. The van der Waals surface area contributed by atoms with Crippen molar-refractivity contribution in [1.29, 1.82) is 0 Å². The van der Waals surface area contributed by atoms with E-state index in [-0.39, 0.29) is 17.8 Å². The maximum Gasteiger partial charge on any atom is 0.237 e. The Kier molecular flexibility index (Phi) is 3.78. The predicted octanol–water partition coefficient (Wildman–Crippen LogP) is 2.64.